The van der Waals surface area contributed by atoms with Crippen LogP contribution < -0.4 is 5.73 Å². The van der Waals surface area contributed by atoms with Crippen molar-refractivity contribution in [2.45, 2.75) is 20.3 Å². The number of halogens is 1. The van der Waals surface area contributed by atoms with Crippen LogP contribution in [-0.4, -0.2) is 4.98 Å². The molecule has 0 atom stereocenters. The minimum atomic E-state index is 0.799. The second-order valence-electron chi connectivity index (χ2n) is 3.64. The van der Waals surface area contributed by atoms with Crippen LogP contribution in [0.1, 0.15) is 17.5 Å². The fraction of sp³-hybridized carbons (Fsp3) is 0.250. The molecular weight excluding hydrogens is 284 g/mol. The minimum Gasteiger partial charge on any atom is -0.389 e. The van der Waals surface area contributed by atoms with Gasteiger partial charge in [0, 0.05) is 10.0 Å². The molecule has 2 rings (SSSR count). The van der Waals surface area contributed by atoms with Crippen molar-refractivity contribution < 1.29 is 0 Å². The molecule has 0 aliphatic heterocycles. The topological polar surface area (TPSA) is 38.9 Å². The third-order valence-electron chi connectivity index (χ3n) is 2.45. The van der Waals surface area contributed by atoms with E-state index in [9.17, 15) is 0 Å². The Morgan fingerprint density at radius 2 is 2.19 bits per heavy atom. The normalized spacial score (nSPS) is 10.7. The molecule has 1 aromatic carbocycles. The number of thiazole rings is 1. The van der Waals surface area contributed by atoms with E-state index in [-0.39, 0.29) is 0 Å². The largest absolute Gasteiger partial charge is 0.389 e. The van der Waals surface area contributed by atoms with Gasteiger partial charge in [-0.2, -0.15) is 0 Å². The molecule has 4 heteroatoms. The number of aryl methyl sites for hydroxylation is 2. The van der Waals surface area contributed by atoms with Crippen molar-refractivity contribution >= 4 is 32.3 Å². The number of nitrogens with zero attached hydrogens (tertiary/aromatic N) is 1. The molecule has 0 fully saturated rings. The van der Waals surface area contributed by atoms with Gasteiger partial charge in [0.05, 0.1) is 5.01 Å². The van der Waals surface area contributed by atoms with Crippen LogP contribution in [0.15, 0.2) is 22.7 Å². The summed E-state index contributed by atoms with van der Waals surface area (Å²) in [7, 11) is 0. The maximum atomic E-state index is 5.98. The SMILES string of the molecule is CCc1nc(-c2ccc(C)c(Br)c2)c(N)s1. The van der Waals surface area contributed by atoms with Gasteiger partial charge in [0.25, 0.3) is 0 Å². The van der Waals surface area contributed by atoms with E-state index in [1.54, 1.807) is 11.3 Å². The van der Waals surface area contributed by atoms with Gasteiger partial charge < -0.3 is 5.73 Å². The lowest BCUT2D eigenvalue weighted by Gasteiger charge is -2.02. The predicted octanol–water partition coefficient (Wildman–Crippen LogP) is 4.03. The van der Waals surface area contributed by atoms with E-state index in [0.717, 1.165) is 32.2 Å². The standard InChI is InChI=1S/C12H13BrN2S/c1-3-10-15-11(12(14)16-10)8-5-4-7(2)9(13)6-8/h4-6H,3,14H2,1-2H3. The van der Waals surface area contributed by atoms with E-state index < -0.39 is 0 Å². The quantitative estimate of drug-likeness (QED) is 0.909. The number of nitrogen functional groups attached to an aromatic ring is 1. The Labute approximate surface area is 108 Å². The van der Waals surface area contributed by atoms with Gasteiger partial charge in [0.2, 0.25) is 0 Å². The van der Waals surface area contributed by atoms with Crippen molar-refractivity contribution in [3.05, 3.63) is 33.2 Å². The smallest absolute Gasteiger partial charge is 0.114 e. The average Bonchev–Trinajstić information content (AvgIpc) is 2.64. The minimum absolute atomic E-state index is 0.799. The van der Waals surface area contributed by atoms with Crippen molar-refractivity contribution in [1.29, 1.82) is 0 Å². The Morgan fingerprint density at radius 1 is 1.44 bits per heavy atom. The molecule has 0 aliphatic rings. The highest BCUT2D eigenvalue weighted by molar-refractivity contribution is 9.10. The maximum absolute atomic E-state index is 5.98. The molecule has 0 aliphatic carbocycles. The van der Waals surface area contributed by atoms with Crippen LogP contribution in [0, 0.1) is 6.92 Å². The zero-order valence-electron chi connectivity index (χ0n) is 9.25. The third-order valence-corrected chi connectivity index (χ3v) is 4.33. The maximum Gasteiger partial charge on any atom is 0.114 e. The van der Waals surface area contributed by atoms with E-state index in [2.05, 4.69) is 53.0 Å². The highest BCUT2D eigenvalue weighted by Crippen LogP contribution is 2.32. The van der Waals surface area contributed by atoms with Gasteiger partial charge in [0.15, 0.2) is 0 Å². The van der Waals surface area contributed by atoms with Crippen LogP contribution >= 0.6 is 27.3 Å². The molecule has 2 nitrogen and oxygen atoms in total. The van der Waals surface area contributed by atoms with E-state index in [1.807, 2.05) is 0 Å². The van der Waals surface area contributed by atoms with Crippen LogP contribution in [0.25, 0.3) is 11.3 Å². The molecule has 1 aromatic heterocycles. The number of hydrogen-bond donors (Lipinski definition) is 1. The first kappa shape index (κ1) is 11.6. The number of rotatable bonds is 2. The summed E-state index contributed by atoms with van der Waals surface area (Å²) in [5.41, 5.74) is 9.17. The van der Waals surface area contributed by atoms with Crippen LogP contribution in [0.5, 0.6) is 0 Å². The first-order chi connectivity index (χ1) is 7.61. The molecule has 1 heterocycles. The fourth-order valence-electron chi connectivity index (χ4n) is 1.48. The molecule has 16 heavy (non-hydrogen) atoms. The molecule has 84 valence electrons. The molecule has 0 spiro atoms. The second kappa shape index (κ2) is 4.55. The molecule has 0 saturated heterocycles. The zero-order valence-corrected chi connectivity index (χ0v) is 11.7. The summed E-state index contributed by atoms with van der Waals surface area (Å²) in [5.74, 6) is 0. The second-order valence-corrected chi connectivity index (χ2v) is 5.61. The summed E-state index contributed by atoms with van der Waals surface area (Å²) in [4.78, 5) is 4.54. The van der Waals surface area contributed by atoms with Crippen LogP contribution in [0.4, 0.5) is 5.00 Å². The van der Waals surface area contributed by atoms with Gasteiger partial charge >= 0.3 is 0 Å². The molecule has 2 N–H and O–H groups in total. The van der Waals surface area contributed by atoms with Crippen LogP contribution in [0.3, 0.4) is 0 Å². The Morgan fingerprint density at radius 3 is 2.75 bits per heavy atom. The van der Waals surface area contributed by atoms with Gasteiger partial charge in [-0.15, -0.1) is 11.3 Å². The summed E-state index contributed by atoms with van der Waals surface area (Å²) in [5, 5.41) is 1.89. The van der Waals surface area contributed by atoms with E-state index >= 15 is 0 Å². The number of benzene rings is 1. The summed E-state index contributed by atoms with van der Waals surface area (Å²) >= 11 is 5.10. The highest BCUT2D eigenvalue weighted by Gasteiger charge is 2.10. The van der Waals surface area contributed by atoms with Crippen molar-refractivity contribution in [3.63, 3.8) is 0 Å². The van der Waals surface area contributed by atoms with Crippen molar-refractivity contribution in [3.8, 4) is 11.3 Å². The molecule has 0 bridgehead atoms. The first-order valence-electron chi connectivity index (χ1n) is 5.13. The average molecular weight is 297 g/mol. The highest BCUT2D eigenvalue weighted by atomic mass is 79.9. The number of nitrogens with two attached hydrogens (primary N) is 1. The van der Waals surface area contributed by atoms with E-state index in [1.165, 1.54) is 5.56 Å². The third kappa shape index (κ3) is 2.13. The number of hydrogen-bond acceptors (Lipinski definition) is 3. The molecule has 2 aromatic rings. The summed E-state index contributed by atoms with van der Waals surface area (Å²) in [6.45, 7) is 4.16. The van der Waals surface area contributed by atoms with Crippen LogP contribution in [-0.2, 0) is 6.42 Å². The lowest BCUT2D eigenvalue weighted by molar-refractivity contribution is 1.10. The molecule has 0 unspecified atom stereocenters. The van der Waals surface area contributed by atoms with Gasteiger partial charge in [-0.3, -0.25) is 0 Å². The lowest BCUT2D eigenvalue weighted by atomic mass is 10.1. The molecule has 0 radical (unpaired) electrons. The van der Waals surface area contributed by atoms with Gasteiger partial charge in [0.1, 0.15) is 10.7 Å². The van der Waals surface area contributed by atoms with Crippen molar-refractivity contribution in [2.24, 2.45) is 0 Å². The predicted molar refractivity (Wildman–Crippen MR) is 73.8 cm³/mol. The van der Waals surface area contributed by atoms with Gasteiger partial charge in [-0.05, 0) is 25.0 Å². The monoisotopic (exact) mass is 296 g/mol. The molecule has 0 amide bonds. The summed E-state index contributed by atoms with van der Waals surface area (Å²) in [6.07, 6.45) is 0.932. The first-order valence-corrected chi connectivity index (χ1v) is 6.74. The zero-order chi connectivity index (χ0) is 11.7. The Balaban J connectivity index is 2.49. The fourth-order valence-corrected chi connectivity index (χ4v) is 2.65. The van der Waals surface area contributed by atoms with Crippen LogP contribution in [0.2, 0.25) is 0 Å². The van der Waals surface area contributed by atoms with Gasteiger partial charge in [-0.1, -0.05) is 35.0 Å². The van der Waals surface area contributed by atoms with Gasteiger partial charge in [-0.25, -0.2) is 4.98 Å². The van der Waals surface area contributed by atoms with E-state index in [0.29, 0.717) is 0 Å². The van der Waals surface area contributed by atoms with Crippen molar-refractivity contribution in [2.75, 3.05) is 5.73 Å². The summed E-state index contributed by atoms with van der Waals surface area (Å²) in [6, 6.07) is 6.20. The summed E-state index contributed by atoms with van der Waals surface area (Å²) < 4.78 is 1.09. The Hall–Kier alpha value is -0.870. The number of anilines is 1. The van der Waals surface area contributed by atoms with Crippen molar-refractivity contribution in [1.82, 2.24) is 4.98 Å². The van der Waals surface area contributed by atoms with E-state index in [4.69, 9.17) is 5.73 Å². The lowest BCUT2D eigenvalue weighted by Crippen LogP contribution is -1.87. The molecule has 0 saturated carbocycles. The Bertz CT molecular complexity index is 520. The Kier molecular flexibility index (Phi) is 3.30. The molecular formula is C12H13BrN2S. The number of aromatic nitrogens is 1.